The summed E-state index contributed by atoms with van der Waals surface area (Å²) in [5.41, 5.74) is 1.77. The van der Waals surface area contributed by atoms with Crippen LogP contribution in [0.5, 0.6) is 5.75 Å². The third-order valence-corrected chi connectivity index (χ3v) is 4.90. The lowest BCUT2D eigenvalue weighted by atomic mass is 9.87. The average Bonchev–Trinajstić information content (AvgIpc) is 2.99. The van der Waals surface area contributed by atoms with Gasteiger partial charge in [-0.3, -0.25) is 0 Å². The number of aromatic hydroxyl groups is 1. The van der Waals surface area contributed by atoms with Crippen molar-refractivity contribution in [2.45, 2.75) is 12.5 Å². The lowest BCUT2D eigenvalue weighted by Crippen LogP contribution is -2.29. The second-order valence-corrected chi connectivity index (χ2v) is 6.56. The van der Waals surface area contributed by atoms with Crippen LogP contribution < -0.4 is 5.32 Å². The van der Waals surface area contributed by atoms with Crippen LogP contribution in [0.1, 0.15) is 16.1 Å². The van der Waals surface area contributed by atoms with E-state index < -0.39 is 5.60 Å². The fourth-order valence-electron chi connectivity index (χ4n) is 2.97. The third-order valence-electron chi connectivity index (χ3n) is 3.97. The van der Waals surface area contributed by atoms with Crippen molar-refractivity contribution in [2.24, 2.45) is 0 Å². The number of rotatable bonds is 1. The summed E-state index contributed by atoms with van der Waals surface area (Å²) in [7, 11) is 0. The van der Waals surface area contributed by atoms with E-state index in [1.165, 1.54) is 0 Å². The van der Waals surface area contributed by atoms with Gasteiger partial charge in [-0.05, 0) is 19.1 Å². The molecule has 106 valence electrons. The number of β-amino-alcohol motifs (C(OH)–C–C–N with tert-alkyl or cyclic N) is 1. The number of hydrogen-bond acceptors (Lipinski definition) is 5. The highest BCUT2D eigenvalue weighted by Gasteiger charge is 2.40. The number of aromatic nitrogens is 1. The van der Waals surface area contributed by atoms with Gasteiger partial charge in [0.05, 0.1) is 21.8 Å². The zero-order valence-electron chi connectivity index (χ0n) is 11.4. The molecule has 0 bridgehead atoms. The molecule has 1 atom stereocenters. The Balaban J connectivity index is 1.96. The van der Waals surface area contributed by atoms with E-state index >= 15 is 0 Å². The fraction of sp³-hybridized carbons (Fsp3) is 0.188. The molecule has 1 aliphatic heterocycles. The number of benzene rings is 2. The summed E-state index contributed by atoms with van der Waals surface area (Å²) < 4.78 is 0.970. The molecule has 21 heavy (non-hydrogen) atoms. The molecule has 0 saturated heterocycles. The maximum Gasteiger partial charge on any atom is 0.137 e. The lowest BCUT2D eigenvalue weighted by molar-refractivity contribution is 0.100. The maximum atomic E-state index is 11.1. The minimum Gasteiger partial charge on any atom is -0.507 e. The molecule has 0 amide bonds. The number of nitrogens with zero attached hydrogens (tertiary/aromatic N) is 1. The van der Waals surface area contributed by atoms with Crippen LogP contribution in [-0.4, -0.2) is 21.7 Å². The Labute approximate surface area is 125 Å². The predicted molar refractivity (Wildman–Crippen MR) is 84.0 cm³/mol. The Hall–Kier alpha value is -2.11. The third kappa shape index (κ3) is 1.74. The molecule has 3 N–H and O–H groups in total. The highest BCUT2D eigenvalue weighted by atomic mass is 32.1. The van der Waals surface area contributed by atoms with Crippen LogP contribution in [-0.2, 0) is 5.60 Å². The predicted octanol–water partition coefficient (Wildman–Crippen LogP) is 2.97. The van der Waals surface area contributed by atoms with Crippen LogP contribution in [0.2, 0.25) is 0 Å². The number of aryl methyl sites for hydroxylation is 1. The van der Waals surface area contributed by atoms with Crippen molar-refractivity contribution < 1.29 is 10.2 Å². The highest BCUT2D eigenvalue weighted by molar-refractivity contribution is 7.18. The molecule has 0 spiro atoms. The van der Waals surface area contributed by atoms with Gasteiger partial charge in [-0.1, -0.05) is 18.2 Å². The second-order valence-electron chi connectivity index (χ2n) is 5.33. The minimum atomic E-state index is -1.22. The van der Waals surface area contributed by atoms with E-state index in [1.807, 2.05) is 37.3 Å². The molecule has 1 aliphatic rings. The van der Waals surface area contributed by atoms with Gasteiger partial charge in [0.25, 0.3) is 0 Å². The van der Waals surface area contributed by atoms with Gasteiger partial charge in [-0.15, -0.1) is 11.3 Å². The zero-order valence-corrected chi connectivity index (χ0v) is 12.2. The Morgan fingerprint density at radius 3 is 2.90 bits per heavy atom. The zero-order chi connectivity index (χ0) is 14.6. The van der Waals surface area contributed by atoms with E-state index in [-0.39, 0.29) is 5.75 Å². The number of para-hydroxylation sites is 1. The number of thiazole rings is 1. The first kappa shape index (κ1) is 12.6. The Bertz CT molecular complexity index is 859. The van der Waals surface area contributed by atoms with Crippen LogP contribution in [0.4, 0.5) is 5.69 Å². The molecule has 0 radical (unpaired) electrons. The standard InChI is InChI=1S/C16H14N2O2S/c1-9-18-13-7-14(19)11(6-15(13)21-9)16(20)8-17-12-5-3-2-4-10(12)16/h2-7,17,19-20H,8H2,1H3. The van der Waals surface area contributed by atoms with Gasteiger partial charge >= 0.3 is 0 Å². The van der Waals surface area contributed by atoms with Crippen molar-refractivity contribution in [1.29, 1.82) is 0 Å². The van der Waals surface area contributed by atoms with Gasteiger partial charge in [0.1, 0.15) is 11.4 Å². The lowest BCUT2D eigenvalue weighted by Gasteiger charge is -2.24. The molecule has 4 rings (SSSR count). The molecule has 3 aromatic rings. The van der Waals surface area contributed by atoms with Gasteiger partial charge < -0.3 is 15.5 Å². The van der Waals surface area contributed by atoms with Gasteiger partial charge in [-0.25, -0.2) is 4.98 Å². The SMILES string of the molecule is Cc1nc2cc(O)c(C3(O)CNc4ccccc43)cc2s1. The number of phenols is 1. The van der Waals surface area contributed by atoms with Gasteiger partial charge in [0, 0.05) is 22.9 Å². The van der Waals surface area contributed by atoms with Crippen LogP contribution in [0.25, 0.3) is 10.2 Å². The van der Waals surface area contributed by atoms with Crippen LogP contribution in [0.15, 0.2) is 36.4 Å². The number of anilines is 1. The van der Waals surface area contributed by atoms with Crippen LogP contribution in [0, 0.1) is 6.92 Å². The summed E-state index contributed by atoms with van der Waals surface area (Å²) in [6.07, 6.45) is 0. The summed E-state index contributed by atoms with van der Waals surface area (Å²) in [4.78, 5) is 4.37. The van der Waals surface area contributed by atoms with E-state index in [4.69, 9.17) is 0 Å². The smallest absolute Gasteiger partial charge is 0.137 e. The Morgan fingerprint density at radius 1 is 1.24 bits per heavy atom. The van der Waals surface area contributed by atoms with E-state index in [1.54, 1.807) is 17.4 Å². The molecular weight excluding hydrogens is 284 g/mol. The van der Waals surface area contributed by atoms with Crippen molar-refractivity contribution in [3.8, 4) is 5.75 Å². The van der Waals surface area contributed by atoms with E-state index in [0.29, 0.717) is 12.1 Å². The number of fused-ring (bicyclic) bond motifs is 2. The topological polar surface area (TPSA) is 65.4 Å². The van der Waals surface area contributed by atoms with Gasteiger partial charge in [0.2, 0.25) is 0 Å². The number of hydrogen-bond donors (Lipinski definition) is 3. The molecule has 2 aromatic carbocycles. The minimum absolute atomic E-state index is 0.0776. The van der Waals surface area contributed by atoms with Crippen molar-refractivity contribution in [2.75, 3.05) is 11.9 Å². The molecule has 2 heterocycles. The van der Waals surface area contributed by atoms with E-state index in [0.717, 1.165) is 26.5 Å². The fourth-order valence-corrected chi connectivity index (χ4v) is 3.81. The van der Waals surface area contributed by atoms with Crippen molar-refractivity contribution >= 4 is 27.2 Å². The first-order chi connectivity index (χ1) is 10.1. The molecule has 0 fully saturated rings. The molecule has 1 aromatic heterocycles. The largest absolute Gasteiger partial charge is 0.507 e. The quantitative estimate of drug-likeness (QED) is 0.646. The second kappa shape index (κ2) is 4.19. The van der Waals surface area contributed by atoms with E-state index in [2.05, 4.69) is 10.3 Å². The summed E-state index contributed by atoms with van der Waals surface area (Å²) in [6.45, 7) is 2.28. The molecule has 0 aliphatic carbocycles. The average molecular weight is 298 g/mol. The molecular formula is C16H14N2O2S. The van der Waals surface area contributed by atoms with Crippen molar-refractivity contribution in [3.63, 3.8) is 0 Å². The van der Waals surface area contributed by atoms with Crippen LogP contribution >= 0.6 is 11.3 Å². The highest BCUT2D eigenvalue weighted by Crippen LogP contribution is 2.44. The summed E-state index contributed by atoms with van der Waals surface area (Å²) >= 11 is 1.56. The number of aliphatic hydroxyl groups is 1. The van der Waals surface area contributed by atoms with Gasteiger partial charge in [0.15, 0.2) is 0 Å². The molecule has 5 heteroatoms. The molecule has 1 unspecified atom stereocenters. The first-order valence-electron chi connectivity index (χ1n) is 6.74. The van der Waals surface area contributed by atoms with Crippen LogP contribution in [0.3, 0.4) is 0 Å². The van der Waals surface area contributed by atoms with Crippen molar-refractivity contribution in [3.05, 3.63) is 52.5 Å². The van der Waals surface area contributed by atoms with Crippen molar-refractivity contribution in [1.82, 2.24) is 4.98 Å². The van der Waals surface area contributed by atoms with Gasteiger partial charge in [-0.2, -0.15) is 0 Å². The Kier molecular flexibility index (Phi) is 2.52. The normalized spacial score (nSPS) is 20.5. The summed E-state index contributed by atoms with van der Waals surface area (Å²) in [5, 5.41) is 25.6. The first-order valence-corrected chi connectivity index (χ1v) is 7.56. The number of phenolic OH excluding ortho intramolecular Hbond substituents is 1. The molecule has 4 nitrogen and oxygen atoms in total. The van der Waals surface area contributed by atoms with E-state index in [9.17, 15) is 10.2 Å². The monoisotopic (exact) mass is 298 g/mol. The number of nitrogens with one attached hydrogen (secondary N) is 1. The maximum absolute atomic E-state index is 11.1. The molecule has 0 saturated carbocycles. The Morgan fingerprint density at radius 2 is 2.05 bits per heavy atom. The summed E-state index contributed by atoms with van der Waals surface area (Å²) in [6, 6.07) is 11.1. The summed E-state index contributed by atoms with van der Waals surface area (Å²) in [5.74, 6) is 0.0776.